The van der Waals surface area contributed by atoms with E-state index >= 15 is 0 Å². The molecule has 0 bridgehead atoms. The molecule has 10 heteroatoms. The maximum absolute atomic E-state index is 13.6. The Balaban J connectivity index is 1.93. The number of carbonyl (C=O) groups excluding carboxylic acids is 1. The van der Waals surface area contributed by atoms with Crippen molar-refractivity contribution in [3.8, 4) is 0 Å². The Kier molecular flexibility index (Phi) is 8.10. The summed E-state index contributed by atoms with van der Waals surface area (Å²) in [6.45, 7) is 5.47. The highest BCUT2D eigenvalue weighted by molar-refractivity contribution is 7.93. The zero-order chi connectivity index (χ0) is 26.7. The first-order valence-electron chi connectivity index (χ1n) is 11.3. The third-order valence-electron chi connectivity index (χ3n) is 5.73. The van der Waals surface area contributed by atoms with E-state index in [1.165, 1.54) is 25.2 Å². The minimum atomic E-state index is -4.05. The minimum Gasteiger partial charge on any atom is -0.324 e. The number of nitrogens with zero attached hydrogens (tertiary/aromatic N) is 2. The number of aryl methyl sites for hydroxylation is 1. The summed E-state index contributed by atoms with van der Waals surface area (Å²) in [6.07, 6.45) is 1.08. The lowest BCUT2D eigenvalue weighted by Crippen LogP contribution is -2.38. The van der Waals surface area contributed by atoms with Crippen LogP contribution in [-0.4, -0.2) is 42.6 Å². The van der Waals surface area contributed by atoms with Crippen LogP contribution in [0.15, 0.2) is 77.7 Å². The van der Waals surface area contributed by atoms with Gasteiger partial charge in [0.1, 0.15) is 6.54 Å². The zero-order valence-electron chi connectivity index (χ0n) is 21.0. The number of sulfonamides is 2. The molecule has 0 aromatic heterocycles. The van der Waals surface area contributed by atoms with E-state index in [0.29, 0.717) is 17.1 Å². The van der Waals surface area contributed by atoms with Crippen molar-refractivity contribution in [3.05, 3.63) is 83.9 Å². The van der Waals surface area contributed by atoms with Crippen molar-refractivity contribution in [2.45, 2.75) is 31.6 Å². The van der Waals surface area contributed by atoms with Crippen LogP contribution in [0.2, 0.25) is 0 Å². The quantitative estimate of drug-likeness (QED) is 0.444. The fourth-order valence-corrected chi connectivity index (χ4v) is 5.40. The summed E-state index contributed by atoms with van der Waals surface area (Å²) in [7, 11) is -6.12. The van der Waals surface area contributed by atoms with Gasteiger partial charge in [-0.15, -0.1) is 0 Å². The predicted molar refractivity (Wildman–Crippen MR) is 145 cm³/mol. The van der Waals surface area contributed by atoms with Gasteiger partial charge in [-0.25, -0.2) is 16.8 Å². The summed E-state index contributed by atoms with van der Waals surface area (Å²) in [5, 5.41) is 2.68. The van der Waals surface area contributed by atoms with Gasteiger partial charge in [0.15, 0.2) is 0 Å². The fraction of sp³-hybridized carbons (Fsp3) is 0.269. The molecule has 0 unspecified atom stereocenters. The number of nitrogens with one attached hydrogen (secondary N) is 1. The van der Waals surface area contributed by atoms with Gasteiger partial charge in [0, 0.05) is 12.7 Å². The van der Waals surface area contributed by atoms with Crippen LogP contribution < -0.4 is 13.9 Å². The van der Waals surface area contributed by atoms with Crippen molar-refractivity contribution < 1.29 is 21.6 Å². The highest BCUT2D eigenvalue weighted by Gasteiger charge is 2.27. The molecule has 3 aromatic rings. The number of benzene rings is 3. The van der Waals surface area contributed by atoms with Crippen LogP contribution in [0, 0.1) is 6.92 Å². The third-order valence-corrected chi connectivity index (χ3v) is 8.73. The topological polar surface area (TPSA) is 104 Å². The van der Waals surface area contributed by atoms with E-state index in [-0.39, 0.29) is 10.8 Å². The van der Waals surface area contributed by atoms with Gasteiger partial charge in [-0.05, 0) is 60.9 Å². The average molecular weight is 530 g/mol. The molecule has 0 aliphatic rings. The van der Waals surface area contributed by atoms with Crippen LogP contribution >= 0.6 is 0 Å². The molecule has 36 heavy (non-hydrogen) atoms. The van der Waals surface area contributed by atoms with E-state index in [1.54, 1.807) is 42.5 Å². The van der Waals surface area contributed by atoms with Gasteiger partial charge in [0.05, 0.1) is 22.5 Å². The highest BCUT2D eigenvalue weighted by Crippen LogP contribution is 2.27. The predicted octanol–water partition coefficient (Wildman–Crippen LogP) is 4.35. The lowest BCUT2D eigenvalue weighted by molar-refractivity contribution is -0.114. The fourth-order valence-electron chi connectivity index (χ4n) is 3.48. The summed E-state index contributed by atoms with van der Waals surface area (Å²) in [5.74, 6) is -0.306. The number of amides is 1. The first-order chi connectivity index (χ1) is 16.8. The van der Waals surface area contributed by atoms with E-state index in [0.717, 1.165) is 26.0 Å². The SMILES string of the molecule is Cc1ccc(S(=O)(=O)N(CC(=O)Nc2cccc(N(C)S(C)(=O)=O)c2)c2ccc(C(C)C)cc2)cc1. The summed E-state index contributed by atoms with van der Waals surface area (Å²) in [5.41, 5.74) is 3.03. The van der Waals surface area contributed by atoms with Gasteiger partial charge in [-0.1, -0.05) is 49.7 Å². The maximum atomic E-state index is 13.6. The Labute approximate surface area is 213 Å². The molecular weight excluding hydrogens is 498 g/mol. The van der Waals surface area contributed by atoms with E-state index in [1.807, 2.05) is 32.9 Å². The van der Waals surface area contributed by atoms with Gasteiger partial charge in [-0.3, -0.25) is 13.4 Å². The molecule has 0 saturated carbocycles. The highest BCUT2D eigenvalue weighted by atomic mass is 32.2. The summed E-state index contributed by atoms with van der Waals surface area (Å²) in [4.78, 5) is 13.1. The number of anilines is 3. The molecule has 3 aromatic carbocycles. The molecule has 1 N–H and O–H groups in total. The molecule has 3 rings (SSSR count). The lowest BCUT2D eigenvalue weighted by atomic mass is 10.0. The van der Waals surface area contributed by atoms with Crippen molar-refractivity contribution in [3.63, 3.8) is 0 Å². The first kappa shape index (κ1) is 27.2. The largest absolute Gasteiger partial charge is 0.324 e. The number of rotatable bonds is 9. The second-order valence-electron chi connectivity index (χ2n) is 8.90. The van der Waals surface area contributed by atoms with Crippen molar-refractivity contribution >= 4 is 43.0 Å². The molecule has 0 heterocycles. The molecule has 0 fully saturated rings. The Bertz CT molecular complexity index is 1430. The molecular formula is C26H31N3O5S2. The second-order valence-corrected chi connectivity index (χ2v) is 12.8. The number of carbonyl (C=O) groups is 1. The molecule has 192 valence electrons. The Morgan fingerprint density at radius 2 is 1.50 bits per heavy atom. The normalized spacial score (nSPS) is 11.8. The molecule has 1 amide bonds. The van der Waals surface area contributed by atoms with Crippen LogP contribution in [0.3, 0.4) is 0 Å². The Morgan fingerprint density at radius 3 is 2.06 bits per heavy atom. The molecule has 8 nitrogen and oxygen atoms in total. The summed E-state index contributed by atoms with van der Waals surface area (Å²) >= 11 is 0. The smallest absolute Gasteiger partial charge is 0.264 e. The number of hydrogen-bond donors (Lipinski definition) is 1. The standard InChI is InChI=1S/C26H31N3O5S2/c1-19(2)21-11-13-23(14-12-21)29(36(33,34)25-15-9-20(3)10-16-25)18-26(30)27-22-7-6-8-24(17-22)28(4)35(5,31)32/h6-17,19H,18H2,1-5H3,(H,27,30). The van der Waals surface area contributed by atoms with Crippen molar-refractivity contribution in [1.82, 2.24) is 0 Å². The molecule has 0 aliphatic carbocycles. The van der Waals surface area contributed by atoms with Gasteiger partial charge in [0.2, 0.25) is 15.9 Å². The van der Waals surface area contributed by atoms with Gasteiger partial charge < -0.3 is 5.32 Å². The summed E-state index contributed by atoms with van der Waals surface area (Å²) in [6, 6.07) is 19.8. The van der Waals surface area contributed by atoms with Crippen LogP contribution in [0.1, 0.15) is 30.9 Å². The van der Waals surface area contributed by atoms with Crippen molar-refractivity contribution in [2.24, 2.45) is 0 Å². The Hall–Kier alpha value is -3.37. The lowest BCUT2D eigenvalue weighted by Gasteiger charge is -2.25. The van der Waals surface area contributed by atoms with E-state index in [4.69, 9.17) is 0 Å². The molecule has 0 aliphatic heterocycles. The van der Waals surface area contributed by atoms with Crippen LogP contribution in [0.4, 0.5) is 17.1 Å². The Morgan fingerprint density at radius 1 is 0.889 bits per heavy atom. The third kappa shape index (κ3) is 6.44. The van der Waals surface area contributed by atoms with Gasteiger partial charge in [0.25, 0.3) is 10.0 Å². The van der Waals surface area contributed by atoms with E-state index < -0.39 is 32.5 Å². The maximum Gasteiger partial charge on any atom is 0.264 e. The van der Waals surface area contributed by atoms with Gasteiger partial charge >= 0.3 is 0 Å². The van der Waals surface area contributed by atoms with E-state index in [9.17, 15) is 21.6 Å². The molecule has 0 saturated heterocycles. The van der Waals surface area contributed by atoms with Crippen molar-refractivity contribution in [2.75, 3.05) is 33.8 Å². The van der Waals surface area contributed by atoms with E-state index in [2.05, 4.69) is 5.32 Å². The second kappa shape index (κ2) is 10.7. The average Bonchev–Trinajstić information content (AvgIpc) is 2.82. The summed E-state index contributed by atoms with van der Waals surface area (Å²) < 4.78 is 53.0. The van der Waals surface area contributed by atoms with Crippen LogP contribution in [0.5, 0.6) is 0 Å². The van der Waals surface area contributed by atoms with Crippen molar-refractivity contribution in [1.29, 1.82) is 0 Å². The first-order valence-corrected chi connectivity index (χ1v) is 14.6. The molecule has 0 radical (unpaired) electrons. The van der Waals surface area contributed by atoms with Crippen LogP contribution in [-0.2, 0) is 24.8 Å². The monoisotopic (exact) mass is 529 g/mol. The zero-order valence-corrected chi connectivity index (χ0v) is 22.6. The minimum absolute atomic E-state index is 0.0746. The van der Waals surface area contributed by atoms with Gasteiger partial charge in [-0.2, -0.15) is 0 Å². The molecule has 0 atom stereocenters. The van der Waals surface area contributed by atoms with Crippen LogP contribution in [0.25, 0.3) is 0 Å². The molecule has 0 spiro atoms. The number of hydrogen-bond acceptors (Lipinski definition) is 5.